The normalized spacial score (nSPS) is 16.1. The molecule has 0 aliphatic carbocycles. The van der Waals surface area contributed by atoms with E-state index >= 15 is 0 Å². The molecule has 1 aliphatic heterocycles. The van der Waals surface area contributed by atoms with Crippen LogP contribution in [0.15, 0.2) is 28.0 Å². The quantitative estimate of drug-likeness (QED) is 0.640. The van der Waals surface area contributed by atoms with Crippen LogP contribution in [0.3, 0.4) is 0 Å². The maximum absolute atomic E-state index is 13.1. The fourth-order valence-electron chi connectivity index (χ4n) is 3.57. The van der Waals surface area contributed by atoms with Gasteiger partial charge in [0.25, 0.3) is 5.91 Å². The van der Waals surface area contributed by atoms with Crippen molar-refractivity contribution in [2.24, 2.45) is 0 Å². The lowest BCUT2D eigenvalue weighted by Gasteiger charge is -2.36. The number of fused-ring (bicyclic) bond motifs is 1. The van der Waals surface area contributed by atoms with E-state index in [9.17, 15) is 9.90 Å². The highest BCUT2D eigenvalue weighted by atomic mass is 32.1. The van der Waals surface area contributed by atoms with Crippen LogP contribution < -0.4 is 10.1 Å². The van der Waals surface area contributed by atoms with Gasteiger partial charge in [-0.25, -0.2) is 4.98 Å². The molecule has 4 rings (SSSR count). The molecule has 29 heavy (non-hydrogen) atoms. The summed E-state index contributed by atoms with van der Waals surface area (Å²) in [5, 5.41) is 16.5. The summed E-state index contributed by atoms with van der Waals surface area (Å²) in [6, 6.07) is 5.44. The molecule has 0 bridgehead atoms. The number of hydrogen-bond donors (Lipinski definition) is 2. The fourth-order valence-corrected chi connectivity index (χ4v) is 4.26. The first-order valence-electron chi connectivity index (χ1n) is 9.58. The predicted molar refractivity (Wildman–Crippen MR) is 109 cm³/mol. The van der Waals surface area contributed by atoms with E-state index in [1.165, 1.54) is 0 Å². The highest BCUT2D eigenvalue weighted by Gasteiger charge is 2.35. The van der Waals surface area contributed by atoms with E-state index in [1.54, 1.807) is 24.3 Å². The Morgan fingerprint density at radius 3 is 2.83 bits per heavy atom. The number of aromatic nitrogens is 1. The molecule has 1 saturated heterocycles. The Hall–Kier alpha value is -2.42. The summed E-state index contributed by atoms with van der Waals surface area (Å²) in [5.41, 5.74) is 1.40. The van der Waals surface area contributed by atoms with E-state index in [2.05, 4.69) is 10.3 Å². The van der Waals surface area contributed by atoms with Crippen LogP contribution in [0.2, 0.25) is 0 Å². The maximum Gasteiger partial charge on any atom is 0.255 e. The molecular weight excluding hydrogens is 392 g/mol. The second kappa shape index (κ2) is 8.14. The van der Waals surface area contributed by atoms with Crippen LogP contribution in [0.5, 0.6) is 5.75 Å². The highest BCUT2D eigenvalue weighted by molar-refractivity contribution is 7.09. The van der Waals surface area contributed by atoms with Gasteiger partial charge in [-0.15, -0.1) is 11.3 Å². The molecule has 7 nitrogen and oxygen atoms in total. The van der Waals surface area contributed by atoms with Crippen molar-refractivity contribution in [2.45, 2.75) is 38.8 Å². The molecule has 8 heteroatoms. The lowest BCUT2D eigenvalue weighted by Crippen LogP contribution is -2.54. The van der Waals surface area contributed by atoms with Crippen LogP contribution in [0.25, 0.3) is 11.0 Å². The molecule has 1 aliphatic rings. The lowest BCUT2D eigenvalue weighted by atomic mass is 9.90. The standard InChI is InChI=1S/C21H24N2O5S/c1-13-11-29-18(22-13)10-27-15-3-4-17-16(9-15)19(14(2)28-17)20(25)23-21(12-24)5-7-26-8-6-21/h3-4,9,11,24H,5-8,10,12H2,1-2H3,(H,23,25). The van der Waals surface area contributed by atoms with E-state index in [0.29, 0.717) is 60.7 Å². The Morgan fingerprint density at radius 2 is 2.14 bits per heavy atom. The van der Waals surface area contributed by atoms with Crippen LogP contribution in [0, 0.1) is 13.8 Å². The molecule has 3 heterocycles. The molecule has 154 valence electrons. The maximum atomic E-state index is 13.1. The first kappa shape index (κ1) is 19.9. The van der Waals surface area contributed by atoms with Gasteiger partial charge in [0.15, 0.2) is 0 Å². The number of benzene rings is 1. The van der Waals surface area contributed by atoms with Crippen molar-refractivity contribution in [1.82, 2.24) is 10.3 Å². The van der Waals surface area contributed by atoms with Crippen molar-refractivity contribution < 1.29 is 23.8 Å². The van der Waals surface area contributed by atoms with Gasteiger partial charge in [0.2, 0.25) is 0 Å². The van der Waals surface area contributed by atoms with Crippen LogP contribution in [-0.4, -0.2) is 41.4 Å². The molecule has 0 spiro atoms. The minimum Gasteiger partial charge on any atom is -0.486 e. The summed E-state index contributed by atoms with van der Waals surface area (Å²) >= 11 is 1.55. The molecule has 0 radical (unpaired) electrons. The van der Waals surface area contributed by atoms with Crippen LogP contribution in [0.4, 0.5) is 0 Å². The van der Waals surface area contributed by atoms with Gasteiger partial charge < -0.3 is 24.3 Å². The van der Waals surface area contributed by atoms with Crippen molar-refractivity contribution in [3.63, 3.8) is 0 Å². The third kappa shape index (κ3) is 4.14. The topological polar surface area (TPSA) is 93.8 Å². The Labute approximate surface area is 172 Å². The summed E-state index contributed by atoms with van der Waals surface area (Å²) in [7, 11) is 0. The second-order valence-electron chi connectivity index (χ2n) is 7.37. The van der Waals surface area contributed by atoms with Gasteiger partial charge in [-0.2, -0.15) is 0 Å². The number of thiazole rings is 1. The smallest absolute Gasteiger partial charge is 0.255 e. The van der Waals surface area contributed by atoms with Crippen LogP contribution in [-0.2, 0) is 11.3 Å². The molecule has 0 unspecified atom stereocenters. The summed E-state index contributed by atoms with van der Waals surface area (Å²) in [4.78, 5) is 17.5. The number of carbonyl (C=O) groups excluding carboxylic acids is 1. The minimum atomic E-state index is -0.665. The number of aliphatic hydroxyl groups excluding tert-OH is 1. The molecule has 1 fully saturated rings. The zero-order valence-corrected chi connectivity index (χ0v) is 17.3. The van der Waals surface area contributed by atoms with Gasteiger partial charge in [0.1, 0.15) is 28.7 Å². The summed E-state index contributed by atoms with van der Waals surface area (Å²) in [5.74, 6) is 0.915. The van der Waals surface area contributed by atoms with Gasteiger partial charge in [0, 0.05) is 29.7 Å². The third-order valence-electron chi connectivity index (χ3n) is 5.22. The van der Waals surface area contributed by atoms with Crippen molar-refractivity contribution in [2.75, 3.05) is 19.8 Å². The zero-order chi connectivity index (χ0) is 20.4. The third-order valence-corrected chi connectivity index (χ3v) is 6.16. The van der Waals surface area contributed by atoms with E-state index in [-0.39, 0.29) is 12.5 Å². The van der Waals surface area contributed by atoms with E-state index in [1.807, 2.05) is 24.4 Å². The Balaban J connectivity index is 1.58. The fraction of sp³-hybridized carbons (Fsp3) is 0.429. The average molecular weight is 416 g/mol. The first-order chi connectivity index (χ1) is 14.0. The van der Waals surface area contributed by atoms with E-state index in [4.69, 9.17) is 13.9 Å². The van der Waals surface area contributed by atoms with Crippen LogP contribution in [0.1, 0.15) is 39.7 Å². The molecule has 1 amide bonds. The largest absolute Gasteiger partial charge is 0.486 e. The second-order valence-corrected chi connectivity index (χ2v) is 8.31. The number of furan rings is 1. The number of amides is 1. The van der Waals surface area contributed by atoms with E-state index < -0.39 is 5.54 Å². The number of aliphatic hydroxyl groups is 1. The first-order valence-corrected chi connectivity index (χ1v) is 10.5. The summed E-state index contributed by atoms with van der Waals surface area (Å²) in [6.45, 7) is 4.99. The summed E-state index contributed by atoms with van der Waals surface area (Å²) < 4.78 is 17.0. The monoisotopic (exact) mass is 416 g/mol. The van der Waals surface area contributed by atoms with Gasteiger partial charge in [-0.05, 0) is 44.9 Å². The molecule has 2 N–H and O–H groups in total. The number of nitrogens with zero attached hydrogens (tertiary/aromatic N) is 1. The number of nitrogens with one attached hydrogen (secondary N) is 1. The van der Waals surface area contributed by atoms with Gasteiger partial charge in [-0.1, -0.05) is 0 Å². The molecule has 2 aromatic heterocycles. The minimum absolute atomic E-state index is 0.126. The predicted octanol–water partition coefficient (Wildman–Crippen LogP) is 3.36. The van der Waals surface area contributed by atoms with Crippen molar-refractivity contribution in [3.05, 3.63) is 45.6 Å². The number of rotatable bonds is 6. The number of aryl methyl sites for hydroxylation is 2. The van der Waals surface area contributed by atoms with Gasteiger partial charge in [-0.3, -0.25) is 4.79 Å². The summed E-state index contributed by atoms with van der Waals surface area (Å²) in [6.07, 6.45) is 1.15. The lowest BCUT2D eigenvalue weighted by molar-refractivity contribution is 0.0125. The van der Waals surface area contributed by atoms with Crippen molar-refractivity contribution in [1.29, 1.82) is 0 Å². The van der Waals surface area contributed by atoms with Crippen molar-refractivity contribution >= 4 is 28.2 Å². The Kier molecular flexibility index (Phi) is 5.58. The van der Waals surface area contributed by atoms with Gasteiger partial charge >= 0.3 is 0 Å². The highest BCUT2D eigenvalue weighted by Crippen LogP contribution is 2.31. The number of ether oxygens (including phenoxy) is 2. The molecule has 1 aromatic carbocycles. The SMILES string of the molecule is Cc1csc(COc2ccc3oc(C)c(C(=O)NC4(CO)CCOCC4)c3c2)n1. The Bertz CT molecular complexity index is 1020. The van der Waals surface area contributed by atoms with Crippen LogP contribution >= 0.6 is 11.3 Å². The Morgan fingerprint density at radius 1 is 1.34 bits per heavy atom. The molecule has 0 atom stereocenters. The van der Waals surface area contributed by atoms with Gasteiger partial charge in [0.05, 0.1) is 17.7 Å². The molecule has 3 aromatic rings. The average Bonchev–Trinajstić information content (AvgIpc) is 3.28. The number of carbonyl (C=O) groups is 1. The zero-order valence-electron chi connectivity index (χ0n) is 16.5. The number of hydrogen-bond acceptors (Lipinski definition) is 7. The molecular formula is C21H24N2O5S. The molecule has 0 saturated carbocycles. The van der Waals surface area contributed by atoms with E-state index in [0.717, 1.165) is 10.7 Å². The van der Waals surface area contributed by atoms with Crippen molar-refractivity contribution in [3.8, 4) is 5.75 Å².